The van der Waals surface area contributed by atoms with Gasteiger partial charge in [-0.15, -0.1) is 0 Å². The van der Waals surface area contributed by atoms with Gasteiger partial charge in [-0.1, -0.05) is 19.3 Å². The molecule has 2 aliphatic heterocycles. The fourth-order valence-corrected chi connectivity index (χ4v) is 4.42. The molecule has 0 radical (unpaired) electrons. The third-order valence-corrected chi connectivity index (χ3v) is 5.91. The van der Waals surface area contributed by atoms with Crippen molar-refractivity contribution in [3.8, 4) is 0 Å². The van der Waals surface area contributed by atoms with Gasteiger partial charge in [-0.2, -0.15) is 0 Å². The molecule has 2 saturated heterocycles. The Labute approximate surface area is 163 Å². The third-order valence-electron chi connectivity index (χ3n) is 5.91. The smallest absolute Gasteiger partial charge is 0.220 e. The highest BCUT2D eigenvalue weighted by Gasteiger charge is 2.32. The fourth-order valence-electron chi connectivity index (χ4n) is 4.42. The van der Waals surface area contributed by atoms with Crippen molar-refractivity contribution >= 4 is 11.9 Å². The highest BCUT2D eigenvalue weighted by atomic mass is 16.5. The van der Waals surface area contributed by atoms with Crippen molar-refractivity contribution in [2.24, 2.45) is 10.9 Å². The number of morpholine rings is 1. The van der Waals surface area contributed by atoms with Crippen molar-refractivity contribution in [2.45, 2.75) is 63.6 Å². The molecule has 3 aliphatic rings. The Morgan fingerprint density at radius 2 is 1.78 bits per heavy atom. The standard InChI is InChI=1S/C20H36N4O3/c1-21-20(24-11-13-27-18(15-24)17-8-5-12-26-17)23-10-9-22-19(25)14-16-6-3-2-4-7-16/h16-18H,2-15H2,1H3,(H,21,23)(H,22,25). The second kappa shape index (κ2) is 10.9. The Bertz CT molecular complexity index is 488. The number of nitrogens with zero attached hydrogens (tertiary/aromatic N) is 2. The first kappa shape index (κ1) is 20.4. The molecule has 1 aliphatic carbocycles. The maximum absolute atomic E-state index is 12.1. The SMILES string of the molecule is CN=C(NCCNC(=O)CC1CCCCC1)N1CCOC(C2CCCO2)C1. The van der Waals surface area contributed by atoms with E-state index in [1.807, 2.05) is 0 Å². The van der Waals surface area contributed by atoms with Gasteiger partial charge in [0.25, 0.3) is 0 Å². The van der Waals surface area contributed by atoms with Gasteiger partial charge in [-0.05, 0) is 31.6 Å². The van der Waals surface area contributed by atoms with Crippen LogP contribution in [0.25, 0.3) is 0 Å². The number of carbonyl (C=O) groups is 1. The highest BCUT2D eigenvalue weighted by molar-refractivity contribution is 5.80. The molecule has 3 rings (SSSR count). The molecule has 0 aromatic rings. The van der Waals surface area contributed by atoms with Crippen LogP contribution >= 0.6 is 0 Å². The van der Waals surface area contributed by atoms with Gasteiger partial charge < -0.3 is 25.0 Å². The first-order valence-corrected chi connectivity index (χ1v) is 10.7. The molecule has 3 fully saturated rings. The molecule has 2 unspecified atom stereocenters. The van der Waals surface area contributed by atoms with Crippen molar-refractivity contribution in [1.82, 2.24) is 15.5 Å². The maximum atomic E-state index is 12.1. The molecule has 0 spiro atoms. The summed E-state index contributed by atoms with van der Waals surface area (Å²) in [6, 6.07) is 0. The molecule has 7 nitrogen and oxygen atoms in total. The Morgan fingerprint density at radius 1 is 1.00 bits per heavy atom. The molecular formula is C20H36N4O3. The van der Waals surface area contributed by atoms with Crippen LogP contribution in [0.5, 0.6) is 0 Å². The number of amides is 1. The molecule has 2 N–H and O–H groups in total. The first-order chi connectivity index (χ1) is 13.3. The number of hydrogen-bond donors (Lipinski definition) is 2. The zero-order chi connectivity index (χ0) is 18.9. The molecular weight excluding hydrogens is 344 g/mol. The van der Waals surface area contributed by atoms with Crippen LogP contribution < -0.4 is 10.6 Å². The van der Waals surface area contributed by atoms with Gasteiger partial charge >= 0.3 is 0 Å². The van der Waals surface area contributed by atoms with Gasteiger partial charge in [0.1, 0.15) is 6.10 Å². The minimum absolute atomic E-state index is 0.120. The molecule has 0 bridgehead atoms. The lowest BCUT2D eigenvalue weighted by molar-refractivity contribution is -0.122. The number of nitrogens with one attached hydrogen (secondary N) is 2. The molecule has 7 heteroatoms. The van der Waals surface area contributed by atoms with Crippen molar-refractivity contribution in [1.29, 1.82) is 0 Å². The Morgan fingerprint density at radius 3 is 2.52 bits per heavy atom. The molecule has 1 amide bonds. The molecule has 27 heavy (non-hydrogen) atoms. The summed E-state index contributed by atoms with van der Waals surface area (Å²) < 4.78 is 11.7. The molecule has 1 saturated carbocycles. The van der Waals surface area contributed by atoms with Crippen LogP contribution in [0.1, 0.15) is 51.4 Å². The van der Waals surface area contributed by atoms with Crippen LogP contribution in [0, 0.1) is 5.92 Å². The monoisotopic (exact) mass is 380 g/mol. The van der Waals surface area contributed by atoms with Crippen molar-refractivity contribution in [3.05, 3.63) is 0 Å². The van der Waals surface area contributed by atoms with E-state index in [-0.39, 0.29) is 18.1 Å². The van der Waals surface area contributed by atoms with Gasteiger partial charge in [0.2, 0.25) is 5.91 Å². The largest absolute Gasteiger partial charge is 0.375 e. The summed E-state index contributed by atoms with van der Waals surface area (Å²) in [6.45, 7) is 4.49. The molecule has 0 aromatic heterocycles. The van der Waals surface area contributed by atoms with Crippen LogP contribution in [0.4, 0.5) is 0 Å². The fraction of sp³-hybridized carbons (Fsp3) is 0.900. The predicted molar refractivity (Wildman–Crippen MR) is 106 cm³/mol. The van der Waals surface area contributed by atoms with E-state index in [1.165, 1.54) is 32.1 Å². The lowest BCUT2D eigenvalue weighted by Crippen LogP contribution is -2.54. The topological polar surface area (TPSA) is 75.2 Å². The Balaban J connectivity index is 1.34. The molecule has 2 heterocycles. The molecule has 154 valence electrons. The number of hydrogen-bond acceptors (Lipinski definition) is 4. The molecule has 0 aromatic carbocycles. The van der Waals surface area contributed by atoms with Crippen LogP contribution in [0.3, 0.4) is 0 Å². The van der Waals surface area contributed by atoms with Crippen molar-refractivity contribution in [2.75, 3.05) is 46.4 Å². The quantitative estimate of drug-likeness (QED) is 0.415. The number of ether oxygens (including phenoxy) is 2. The summed E-state index contributed by atoms with van der Waals surface area (Å²) in [5, 5.41) is 6.42. The lowest BCUT2D eigenvalue weighted by atomic mass is 9.87. The van der Waals surface area contributed by atoms with E-state index < -0.39 is 0 Å². The molecule has 2 atom stereocenters. The van der Waals surface area contributed by atoms with E-state index >= 15 is 0 Å². The van der Waals surface area contributed by atoms with E-state index in [0.29, 0.717) is 32.0 Å². The highest BCUT2D eigenvalue weighted by Crippen LogP contribution is 2.26. The average Bonchev–Trinajstić information content (AvgIpc) is 3.24. The second-order valence-corrected chi connectivity index (χ2v) is 7.94. The van der Waals surface area contributed by atoms with Gasteiger partial charge in [0.15, 0.2) is 5.96 Å². The Hall–Kier alpha value is -1.34. The van der Waals surface area contributed by atoms with E-state index in [2.05, 4.69) is 20.5 Å². The van der Waals surface area contributed by atoms with E-state index in [0.717, 1.165) is 38.5 Å². The second-order valence-electron chi connectivity index (χ2n) is 7.94. The summed E-state index contributed by atoms with van der Waals surface area (Å²) in [7, 11) is 1.81. The van der Waals surface area contributed by atoms with Gasteiger partial charge in [0.05, 0.1) is 12.7 Å². The van der Waals surface area contributed by atoms with Crippen LogP contribution in [-0.4, -0.2) is 75.4 Å². The van der Waals surface area contributed by atoms with Crippen LogP contribution in [-0.2, 0) is 14.3 Å². The van der Waals surface area contributed by atoms with E-state index in [1.54, 1.807) is 7.05 Å². The summed E-state index contributed by atoms with van der Waals surface area (Å²) >= 11 is 0. The zero-order valence-electron chi connectivity index (χ0n) is 16.8. The maximum Gasteiger partial charge on any atom is 0.220 e. The summed E-state index contributed by atoms with van der Waals surface area (Å²) in [5.74, 6) is 1.65. The first-order valence-electron chi connectivity index (χ1n) is 10.7. The predicted octanol–water partition coefficient (Wildman–Crippen LogP) is 1.53. The van der Waals surface area contributed by atoms with Crippen LogP contribution in [0.15, 0.2) is 4.99 Å². The van der Waals surface area contributed by atoms with Gasteiger partial charge in [0, 0.05) is 46.3 Å². The van der Waals surface area contributed by atoms with Gasteiger partial charge in [-0.3, -0.25) is 9.79 Å². The van der Waals surface area contributed by atoms with Crippen molar-refractivity contribution in [3.63, 3.8) is 0 Å². The zero-order valence-corrected chi connectivity index (χ0v) is 16.8. The minimum atomic E-state index is 0.120. The lowest BCUT2D eigenvalue weighted by Gasteiger charge is -2.37. The number of rotatable bonds is 6. The Kier molecular flexibility index (Phi) is 8.20. The summed E-state index contributed by atoms with van der Waals surface area (Å²) in [6.07, 6.45) is 9.53. The van der Waals surface area contributed by atoms with E-state index in [9.17, 15) is 4.79 Å². The number of aliphatic imine (C=N–C) groups is 1. The number of carbonyl (C=O) groups excluding carboxylic acids is 1. The van der Waals surface area contributed by atoms with Crippen LogP contribution in [0.2, 0.25) is 0 Å². The number of guanidine groups is 1. The van der Waals surface area contributed by atoms with E-state index in [4.69, 9.17) is 9.47 Å². The van der Waals surface area contributed by atoms with Crippen molar-refractivity contribution < 1.29 is 14.3 Å². The summed E-state index contributed by atoms with van der Waals surface area (Å²) in [4.78, 5) is 18.7. The normalized spacial score (nSPS) is 27.6. The van der Waals surface area contributed by atoms with Gasteiger partial charge in [-0.25, -0.2) is 0 Å². The minimum Gasteiger partial charge on any atom is -0.375 e. The third kappa shape index (κ3) is 6.35. The summed E-state index contributed by atoms with van der Waals surface area (Å²) in [5.41, 5.74) is 0. The average molecular weight is 381 g/mol.